The highest BCUT2D eigenvalue weighted by atomic mass is 35.5. The van der Waals surface area contributed by atoms with Crippen LogP contribution in [-0.2, 0) is 24.5 Å². The molecule has 1 aromatic carbocycles. The summed E-state index contributed by atoms with van der Waals surface area (Å²) in [6, 6.07) is 7.30. The molecule has 0 aromatic heterocycles. The number of nitrogens with one attached hydrogen (secondary N) is 1. The van der Waals surface area contributed by atoms with Crippen LogP contribution < -0.4 is 5.32 Å². The number of esters is 1. The fourth-order valence-corrected chi connectivity index (χ4v) is 3.10. The number of halogens is 1. The minimum Gasteiger partial charge on any atom is -0.455 e. The Labute approximate surface area is 141 Å². The van der Waals surface area contributed by atoms with Crippen molar-refractivity contribution < 1.29 is 19.1 Å². The molecule has 126 valence electrons. The zero-order valence-corrected chi connectivity index (χ0v) is 14.0. The predicted molar refractivity (Wildman–Crippen MR) is 87.4 cm³/mol. The number of benzene rings is 1. The zero-order chi connectivity index (χ0) is 16.7. The summed E-state index contributed by atoms with van der Waals surface area (Å²) in [7, 11) is 1.56. The van der Waals surface area contributed by atoms with Crippen LogP contribution in [0.1, 0.15) is 31.2 Å². The number of amides is 1. The summed E-state index contributed by atoms with van der Waals surface area (Å²) in [6.07, 6.45) is 3.41. The van der Waals surface area contributed by atoms with Crippen molar-refractivity contribution in [1.29, 1.82) is 0 Å². The first kappa shape index (κ1) is 17.8. The average molecular weight is 340 g/mol. The molecule has 1 aliphatic carbocycles. The molecule has 1 aromatic rings. The first-order chi connectivity index (χ1) is 11.1. The average Bonchev–Trinajstić information content (AvgIpc) is 3.04. The highest BCUT2D eigenvalue weighted by Gasteiger charge is 2.44. The molecule has 23 heavy (non-hydrogen) atoms. The number of carbonyl (C=O) groups excluding carboxylic acids is 2. The summed E-state index contributed by atoms with van der Waals surface area (Å²) >= 11 is 5.93. The van der Waals surface area contributed by atoms with Gasteiger partial charge in [-0.25, -0.2) is 0 Å². The van der Waals surface area contributed by atoms with Gasteiger partial charge in [-0.3, -0.25) is 9.59 Å². The van der Waals surface area contributed by atoms with Crippen LogP contribution in [0, 0.1) is 0 Å². The highest BCUT2D eigenvalue weighted by molar-refractivity contribution is 6.30. The van der Waals surface area contributed by atoms with E-state index in [0.717, 1.165) is 31.2 Å². The van der Waals surface area contributed by atoms with E-state index in [1.54, 1.807) is 19.2 Å². The summed E-state index contributed by atoms with van der Waals surface area (Å²) in [5.74, 6) is -0.654. The van der Waals surface area contributed by atoms with Gasteiger partial charge in [0, 0.05) is 18.7 Å². The van der Waals surface area contributed by atoms with Gasteiger partial charge in [0.15, 0.2) is 6.61 Å². The molecule has 0 heterocycles. The molecule has 0 bridgehead atoms. The van der Waals surface area contributed by atoms with Crippen LogP contribution in [0.3, 0.4) is 0 Å². The largest absolute Gasteiger partial charge is 0.455 e. The Balaban J connectivity index is 1.99. The van der Waals surface area contributed by atoms with Gasteiger partial charge in [-0.1, -0.05) is 36.6 Å². The third-order valence-corrected chi connectivity index (χ3v) is 4.46. The Hall–Kier alpha value is -1.59. The fourth-order valence-electron chi connectivity index (χ4n) is 2.97. The van der Waals surface area contributed by atoms with Gasteiger partial charge in [-0.2, -0.15) is 0 Å². The lowest BCUT2D eigenvalue weighted by atomic mass is 9.79. The van der Waals surface area contributed by atoms with Crippen molar-refractivity contribution >= 4 is 23.5 Å². The van der Waals surface area contributed by atoms with Crippen LogP contribution >= 0.6 is 11.6 Å². The van der Waals surface area contributed by atoms with E-state index in [1.807, 2.05) is 12.1 Å². The van der Waals surface area contributed by atoms with Crippen LogP contribution in [0.5, 0.6) is 0 Å². The highest BCUT2D eigenvalue weighted by Crippen LogP contribution is 2.42. The molecular formula is C17H22ClNO4. The van der Waals surface area contributed by atoms with Crippen molar-refractivity contribution in [3.8, 4) is 0 Å². The fraction of sp³-hybridized carbons (Fsp3) is 0.529. The summed E-state index contributed by atoms with van der Waals surface area (Å²) in [4.78, 5) is 24.3. The van der Waals surface area contributed by atoms with Gasteiger partial charge < -0.3 is 14.8 Å². The van der Waals surface area contributed by atoms with Crippen LogP contribution in [0.15, 0.2) is 24.3 Å². The van der Waals surface area contributed by atoms with E-state index in [0.29, 0.717) is 18.2 Å². The summed E-state index contributed by atoms with van der Waals surface area (Å²) < 4.78 is 10.1. The lowest BCUT2D eigenvalue weighted by Gasteiger charge is -2.27. The Bertz CT molecular complexity index is 538. The standard InChI is InChI=1S/C17H22ClNO4/c1-22-11-10-19-15(20)12-23-16(21)17(8-2-3-9-17)13-4-6-14(18)7-5-13/h4-7H,2-3,8-12H2,1H3,(H,19,20). The molecule has 0 radical (unpaired) electrons. The molecular weight excluding hydrogens is 318 g/mol. The SMILES string of the molecule is COCCNC(=O)COC(=O)C1(c2ccc(Cl)cc2)CCCC1. The van der Waals surface area contributed by atoms with Gasteiger partial charge in [0.05, 0.1) is 12.0 Å². The molecule has 0 spiro atoms. The Kier molecular flexibility index (Phi) is 6.42. The maximum atomic E-state index is 12.6. The van der Waals surface area contributed by atoms with Crippen molar-refractivity contribution in [2.45, 2.75) is 31.1 Å². The van der Waals surface area contributed by atoms with Gasteiger partial charge in [0.2, 0.25) is 0 Å². The maximum absolute atomic E-state index is 12.6. The van der Waals surface area contributed by atoms with Gasteiger partial charge in [0.25, 0.3) is 5.91 Å². The second kappa shape index (κ2) is 8.31. The second-order valence-electron chi connectivity index (χ2n) is 5.71. The van der Waals surface area contributed by atoms with E-state index in [2.05, 4.69) is 5.32 Å². The summed E-state index contributed by atoms with van der Waals surface area (Å²) in [5.41, 5.74) is 0.251. The minimum absolute atomic E-state index is 0.266. The monoisotopic (exact) mass is 339 g/mol. The smallest absolute Gasteiger partial charge is 0.317 e. The number of methoxy groups -OCH3 is 1. The molecule has 5 nitrogen and oxygen atoms in total. The maximum Gasteiger partial charge on any atom is 0.317 e. The number of ether oxygens (including phenoxy) is 2. The molecule has 1 aliphatic rings. The van der Waals surface area contributed by atoms with Crippen LogP contribution in [0.2, 0.25) is 5.02 Å². The van der Waals surface area contributed by atoms with Gasteiger partial charge in [0.1, 0.15) is 0 Å². The molecule has 0 unspecified atom stereocenters. The van der Waals surface area contributed by atoms with E-state index in [4.69, 9.17) is 21.1 Å². The first-order valence-corrected chi connectivity index (χ1v) is 8.15. The molecule has 0 atom stereocenters. The Morgan fingerprint density at radius 1 is 1.22 bits per heavy atom. The van der Waals surface area contributed by atoms with Gasteiger partial charge in [-0.15, -0.1) is 0 Å². The molecule has 2 rings (SSSR count). The van der Waals surface area contributed by atoms with E-state index in [1.165, 1.54) is 0 Å². The number of carbonyl (C=O) groups is 2. The minimum atomic E-state index is -0.655. The third-order valence-electron chi connectivity index (χ3n) is 4.21. The molecule has 1 fully saturated rings. The lowest BCUT2D eigenvalue weighted by Crippen LogP contribution is -2.38. The van der Waals surface area contributed by atoms with Gasteiger partial charge >= 0.3 is 5.97 Å². The van der Waals surface area contributed by atoms with Crippen molar-refractivity contribution in [2.24, 2.45) is 0 Å². The van der Waals surface area contributed by atoms with Crippen molar-refractivity contribution in [2.75, 3.05) is 26.9 Å². The van der Waals surface area contributed by atoms with E-state index >= 15 is 0 Å². The molecule has 1 N–H and O–H groups in total. The topological polar surface area (TPSA) is 64.6 Å². The van der Waals surface area contributed by atoms with Crippen molar-refractivity contribution in [3.05, 3.63) is 34.9 Å². The van der Waals surface area contributed by atoms with Crippen LogP contribution in [-0.4, -0.2) is 38.7 Å². The molecule has 1 amide bonds. The second-order valence-corrected chi connectivity index (χ2v) is 6.15. The molecule has 1 saturated carbocycles. The number of hydrogen-bond acceptors (Lipinski definition) is 4. The molecule has 6 heteroatoms. The van der Waals surface area contributed by atoms with Crippen LogP contribution in [0.4, 0.5) is 0 Å². The van der Waals surface area contributed by atoms with Crippen molar-refractivity contribution in [3.63, 3.8) is 0 Å². The third kappa shape index (κ3) is 4.45. The summed E-state index contributed by atoms with van der Waals surface area (Å²) in [5, 5.41) is 3.26. The normalized spacial score (nSPS) is 16.1. The van der Waals surface area contributed by atoms with E-state index in [-0.39, 0.29) is 18.5 Å². The number of rotatable bonds is 7. The van der Waals surface area contributed by atoms with E-state index < -0.39 is 5.41 Å². The van der Waals surface area contributed by atoms with Gasteiger partial charge in [-0.05, 0) is 30.5 Å². The predicted octanol–water partition coefficient (Wildman–Crippen LogP) is 2.46. The van der Waals surface area contributed by atoms with E-state index in [9.17, 15) is 9.59 Å². The quantitative estimate of drug-likeness (QED) is 0.612. The summed E-state index contributed by atoms with van der Waals surface area (Å²) in [6.45, 7) is 0.557. The Morgan fingerprint density at radius 3 is 2.48 bits per heavy atom. The van der Waals surface area contributed by atoms with Crippen LogP contribution in [0.25, 0.3) is 0 Å². The first-order valence-electron chi connectivity index (χ1n) is 7.77. The zero-order valence-electron chi connectivity index (χ0n) is 13.3. The molecule has 0 aliphatic heterocycles. The Morgan fingerprint density at radius 2 is 1.87 bits per heavy atom. The number of hydrogen-bond donors (Lipinski definition) is 1. The van der Waals surface area contributed by atoms with Crippen molar-refractivity contribution in [1.82, 2.24) is 5.32 Å². The molecule has 0 saturated heterocycles. The lowest BCUT2D eigenvalue weighted by molar-refractivity contribution is -0.154.